The number of quaternary nitrogens is 1. The first-order valence-electron chi connectivity index (χ1n) is 11.8. The van der Waals surface area contributed by atoms with E-state index in [0.29, 0.717) is 6.07 Å². The molecule has 13 heteroatoms. The number of amides is 1. The minimum atomic E-state index is -1.74. The average molecular weight is 577 g/mol. The monoisotopic (exact) mass is 576 g/mol. The van der Waals surface area contributed by atoms with Crippen LogP contribution >= 0.6 is 11.6 Å². The highest BCUT2D eigenvalue weighted by molar-refractivity contribution is 6.41. The Balaban J connectivity index is 2.01. The number of hydroxylamine groups is 3. The molecule has 1 unspecified atom stereocenters. The standard InChI is InChI=1S/C27H27ClF2N4O6/c1-5-9-31-23(33-10-6-7-19(25(33)35)27(2,3)37)8-11-34(38)18(15-39-4)13-22(24(28)26(34)36)40-16-21-20(30)12-17(29)14-32-21/h5-14,37H,15-16H2,1-4H3/b9-5+,11-8?,31-23?. The third-order valence-corrected chi connectivity index (χ3v) is 5.96. The predicted molar refractivity (Wildman–Crippen MR) is 143 cm³/mol. The topological polar surface area (TPSA) is 126 Å². The molecule has 0 fully saturated rings. The molecule has 1 aliphatic rings. The highest BCUT2D eigenvalue weighted by Crippen LogP contribution is 2.33. The number of nitrogens with zero attached hydrogens (tertiary/aromatic N) is 4. The van der Waals surface area contributed by atoms with Crippen molar-refractivity contribution in [2.75, 3.05) is 13.7 Å². The quantitative estimate of drug-likeness (QED) is 0.206. The van der Waals surface area contributed by atoms with Crippen LogP contribution in [0.2, 0.25) is 0 Å². The average Bonchev–Trinajstić information content (AvgIpc) is 2.89. The first-order valence-corrected chi connectivity index (χ1v) is 12.2. The lowest BCUT2D eigenvalue weighted by Crippen LogP contribution is -2.46. The lowest BCUT2D eigenvalue weighted by Gasteiger charge is -2.39. The fourth-order valence-electron chi connectivity index (χ4n) is 3.59. The normalized spacial score (nSPS) is 18.7. The molecule has 0 aliphatic carbocycles. The molecule has 1 atom stereocenters. The molecule has 10 nitrogen and oxygen atoms in total. The summed E-state index contributed by atoms with van der Waals surface area (Å²) >= 11 is 6.20. The number of aliphatic imine (C=N–C) groups is 1. The Hall–Kier alpha value is -3.81. The van der Waals surface area contributed by atoms with Crippen molar-refractivity contribution in [3.8, 4) is 0 Å². The number of hydrogen-bond acceptors (Lipinski definition) is 8. The second-order valence-electron chi connectivity index (χ2n) is 9.02. The SMILES string of the molecule is C/C=C/N=C(C=C[N+]1([O-])C(=O)C(Cl)=C(OCc2ncc(F)cc2F)C=C1COC)n1cccc(C(C)(C)O)c1=O. The van der Waals surface area contributed by atoms with E-state index in [1.165, 1.54) is 51.6 Å². The second-order valence-corrected chi connectivity index (χ2v) is 9.40. The van der Waals surface area contributed by atoms with E-state index in [0.717, 1.165) is 23.0 Å². The minimum absolute atomic E-state index is 0.0351. The summed E-state index contributed by atoms with van der Waals surface area (Å²) in [5.41, 5.74) is -2.37. The molecule has 2 aromatic heterocycles. The number of carbonyl (C=O) groups excluding carboxylic acids is 1. The van der Waals surface area contributed by atoms with Crippen LogP contribution in [0.1, 0.15) is 32.0 Å². The molecule has 1 aliphatic heterocycles. The zero-order valence-corrected chi connectivity index (χ0v) is 22.9. The number of pyridine rings is 2. The number of ether oxygens (including phenoxy) is 2. The molecule has 1 amide bonds. The van der Waals surface area contributed by atoms with E-state index < -0.39 is 45.0 Å². The van der Waals surface area contributed by atoms with Gasteiger partial charge in [0.1, 0.15) is 36.8 Å². The first-order chi connectivity index (χ1) is 18.8. The van der Waals surface area contributed by atoms with Gasteiger partial charge in [0.25, 0.3) is 5.56 Å². The van der Waals surface area contributed by atoms with Crippen molar-refractivity contribution in [3.63, 3.8) is 0 Å². The molecule has 2 aromatic rings. The van der Waals surface area contributed by atoms with Gasteiger partial charge in [-0.3, -0.25) is 14.3 Å². The van der Waals surface area contributed by atoms with Gasteiger partial charge in [0, 0.05) is 43.3 Å². The summed E-state index contributed by atoms with van der Waals surface area (Å²) in [6.07, 6.45) is 8.43. The van der Waals surface area contributed by atoms with Crippen molar-refractivity contribution in [3.05, 3.63) is 116 Å². The van der Waals surface area contributed by atoms with Crippen LogP contribution in [0.4, 0.5) is 8.78 Å². The molecule has 0 saturated carbocycles. The van der Waals surface area contributed by atoms with Gasteiger partial charge < -0.3 is 19.8 Å². The molecular formula is C27H27ClF2N4O6. The Morgan fingerprint density at radius 3 is 2.67 bits per heavy atom. The number of methoxy groups -OCH3 is 1. The lowest BCUT2D eigenvalue weighted by molar-refractivity contribution is -0.707. The van der Waals surface area contributed by atoms with Gasteiger partial charge >= 0.3 is 5.91 Å². The zero-order valence-electron chi connectivity index (χ0n) is 22.1. The van der Waals surface area contributed by atoms with Crippen molar-refractivity contribution in [2.24, 2.45) is 4.99 Å². The van der Waals surface area contributed by atoms with Crippen molar-refractivity contribution in [1.29, 1.82) is 0 Å². The number of rotatable bonds is 9. The Kier molecular flexibility index (Phi) is 9.66. The van der Waals surface area contributed by atoms with Gasteiger partial charge in [-0.25, -0.2) is 23.2 Å². The number of aliphatic hydroxyl groups is 1. The molecule has 3 heterocycles. The molecule has 1 N–H and O–H groups in total. The highest BCUT2D eigenvalue weighted by atomic mass is 35.5. The van der Waals surface area contributed by atoms with Crippen molar-refractivity contribution >= 4 is 23.3 Å². The molecule has 0 bridgehead atoms. The Morgan fingerprint density at radius 1 is 1.32 bits per heavy atom. The number of carbonyl (C=O) groups is 1. The molecule has 40 heavy (non-hydrogen) atoms. The Morgan fingerprint density at radius 2 is 2.05 bits per heavy atom. The number of halogens is 3. The summed E-state index contributed by atoms with van der Waals surface area (Å²) < 4.78 is 37.0. The molecule has 0 radical (unpaired) electrons. The van der Waals surface area contributed by atoms with Gasteiger partial charge in [0.15, 0.2) is 22.3 Å². The van der Waals surface area contributed by atoms with E-state index >= 15 is 0 Å². The van der Waals surface area contributed by atoms with Crippen LogP contribution < -0.4 is 5.56 Å². The maximum absolute atomic E-state index is 14.0. The van der Waals surface area contributed by atoms with Gasteiger partial charge in [-0.2, -0.15) is 0 Å². The second kappa shape index (κ2) is 12.6. The van der Waals surface area contributed by atoms with Crippen LogP contribution in [0.15, 0.2) is 87.5 Å². The lowest BCUT2D eigenvalue weighted by atomic mass is 10.0. The van der Waals surface area contributed by atoms with E-state index in [2.05, 4.69) is 9.98 Å². The molecule has 3 rings (SSSR count). The molecule has 0 saturated heterocycles. The molecular weight excluding hydrogens is 550 g/mol. The minimum Gasteiger partial charge on any atom is -0.614 e. The number of aromatic nitrogens is 2. The van der Waals surface area contributed by atoms with Crippen LogP contribution in [0.3, 0.4) is 0 Å². The first kappa shape index (κ1) is 30.7. The van der Waals surface area contributed by atoms with Gasteiger partial charge in [0.2, 0.25) is 0 Å². The largest absolute Gasteiger partial charge is 0.614 e. The third kappa shape index (κ3) is 6.66. The van der Waals surface area contributed by atoms with Crippen molar-refractivity contribution < 1.29 is 32.8 Å². The molecule has 0 spiro atoms. The summed E-state index contributed by atoms with van der Waals surface area (Å²) in [4.78, 5) is 34.1. The maximum Gasteiger partial charge on any atom is 0.370 e. The van der Waals surface area contributed by atoms with Crippen LogP contribution in [0.5, 0.6) is 0 Å². The van der Waals surface area contributed by atoms with Gasteiger partial charge in [-0.05, 0) is 32.9 Å². The smallest absolute Gasteiger partial charge is 0.370 e. The summed E-state index contributed by atoms with van der Waals surface area (Å²) in [7, 11) is 1.30. The van der Waals surface area contributed by atoms with E-state index in [4.69, 9.17) is 21.1 Å². The van der Waals surface area contributed by atoms with E-state index in [9.17, 15) is 28.7 Å². The highest BCUT2D eigenvalue weighted by Gasteiger charge is 2.39. The van der Waals surface area contributed by atoms with Crippen molar-refractivity contribution in [2.45, 2.75) is 33.0 Å². The van der Waals surface area contributed by atoms with Gasteiger partial charge in [-0.1, -0.05) is 17.7 Å². The number of hydrogen-bond donors (Lipinski definition) is 1. The molecule has 212 valence electrons. The Bertz CT molecular complexity index is 1510. The summed E-state index contributed by atoms with van der Waals surface area (Å²) in [5, 5.41) is 23.7. The van der Waals surface area contributed by atoms with Crippen LogP contribution in [0.25, 0.3) is 0 Å². The van der Waals surface area contributed by atoms with Gasteiger partial charge in [-0.15, -0.1) is 0 Å². The van der Waals surface area contributed by atoms with Gasteiger partial charge in [0.05, 0.1) is 11.8 Å². The van der Waals surface area contributed by atoms with E-state index in [-0.39, 0.29) is 35.2 Å². The van der Waals surface area contributed by atoms with Crippen LogP contribution in [-0.4, -0.2) is 44.8 Å². The maximum atomic E-state index is 14.0. The van der Waals surface area contributed by atoms with E-state index in [1.54, 1.807) is 13.0 Å². The number of allylic oxidation sites excluding steroid dienone is 3. The van der Waals surface area contributed by atoms with Crippen LogP contribution in [-0.2, 0) is 26.5 Å². The zero-order chi connectivity index (χ0) is 29.7. The predicted octanol–water partition coefficient (Wildman–Crippen LogP) is 4.10. The fraction of sp³-hybridized carbons (Fsp3) is 0.259. The summed E-state index contributed by atoms with van der Waals surface area (Å²) in [6.45, 7) is 3.77. The summed E-state index contributed by atoms with van der Waals surface area (Å²) in [6, 6.07) is 3.61. The molecule has 0 aromatic carbocycles. The Labute approximate surface area is 233 Å². The fourth-order valence-corrected chi connectivity index (χ4v) is 3.82. The summed E-state index contributed by atoms with van der Waals surface area (Å²) in [5.74, 6) is -3.27. The van der Waals surface area contributed by atoms with Crippen LogP contribution in [0, 0.1) is 16.8 Å². The van der Waals surface area contributed by atoms with Crippen molar-refractivity contribution in [1.82, 2.24) is 9.55 Å². The third-order valence-electron chi connectivity index (χ3n) is 5.61. The van der Waals surface area contributed by atoms with E-state index in [1.807, 2.05) is 0 Å².